The molecule has 2 aromatic rings. The number of hydrogen-bond donors (Lipinski definition) is 1. The van der Waals surface area contributed by atoms with Gasteiger partial charge in [-0.15, -0.1) is 0 Å². The van der Waals surface area contributed by atoms with Crippen LogP contribution in [0.15, 0.2) is 60.7 Å². The summed E-state index contributed by atoms with van der Waals surface area (Å²) < 4.78 is 51.2. The molecule has 8 heteroatoms. The van der Waals surface area contributed by atoms with Gasteiger partial charge in [0.1, 0.15) is 12.7 Å². The second-order valence-electron chi connectivity index (χ2n) is 6.94. The summed E-state index contributed by atoms with van der Waals surface area (Å²) in [5.74, 6) is 0. The first-order valence-electron chi connectivity index (χ1n) is 9.20. The summed E-state index contributed by atoms with van der Waals surface area (Å²) in [4.78, 5) is 13.5. The molecule has 0 aromatic heterocycles. The fourth-order valence-corrected chi connectivity index (χ4v) is 3.17. The SMILES string of the molecule is O=C(OCc1ccccc1)N1CCC(O)(C(F)(F)F)C(OCc2ccccc2)C1. The molecule has 2 aromatic carbocycles. The van der Waals surface area contributed by atoms with Gasteiger partial charge in [0.15, 0.2) is 5.60 Å². The first-order valence-corrected chi connectivity index (χ1v) is 9.20. The van der Waals surface area contributed by atoms with Crippen LogP contribution in [-0.4, -0.2) is 47.1 Å². The fourth-order valence-electron chi connectivity index (χ4n) is 3.17. The number of rotatable bonds is 5. The standard InChI is InChI=1S/C21H22F3NO4/c22-21(23,24)20(27)11-12-25(19(26)29-15-17-9-5-2-6-10-17)13-18(20)28-14-16-7-3-1-4-8-16/h1-10,18,27H,11-15H2. The predicted molar refractivity (Wildman–Crippen MR) is 98.8 cm³/mol. The number of carbonyl (C=O) groups excluding carboxylic acids is 1. The van der Waals surface area contributed by atoms with Crippen LogP contribution in [0, 0.1) is 0 Å². The number of nitrogens with zero attached hydrogens (tertiary/aromatic N) is 1. The van der Waals surface area contributed by atoms with Crippen LogP contribution < -0.4 is 0 Å². The number of hydrogen-bond acceptors (Lipinski definition) is 4. The molecule has 1 amide bonds. The summed E-state index contributed by atoms with van der Waals surface area (Å²) in [5, 5.41) is 10.3. The molecule has 1 fully saturated rings. The smallest absolute Gasteiger partial charge is 0.419 e. The van der Waals surface area contributed by atoms with Crippen molar-refractivity contribution in [3.8, 4) is 0 Å². The largest absolute Gasteiger partial charge is 0.445 e. The third kappa shape index (κ3) is 5.07. The van der Waals surface area contributed by atoms with Crippen LogP contribution in [0.3, 0.4) is 0 Å². The van der Waals surface area contributed by atoms with Crippen LogP contribution in [0.1, 0.15) is 17.5 Å². The zero-order chi connectivity index (χ0) is 20.9. The van der Waals surface area contributed by atoms with E-state index in [9.17, 15) is 23.1 Å². The Balaban J connectivity index is 1.66. The van der Waals surface area contributed by atoms with Crippen LogP contribution in [0.25, 0.3) is 0 Å². The molecule has 0 spiro atoms. The van der Waals surface area contributed by atoms with Gasteiger partial charge in [0.25, 0.3) is 0 Å². The van der Waals surface area contributed by atoms with Gasteiger partial charge in [-0.2, -0.15) is 13.2 Å². The maximum Gasteiger partial charge on any atom is 0.419 e. The second-order valence-corrected chi connectivity index (χ2v) is 6.94. The van der Waals surface area contributed by atoms with E-state index < -0.39 is 36.9 Å². The van der Waals surface area contributed by atoms with Crippen LogP contribution >= 0.6 is 0 Å². The summed E-state index contributed by atoms with van der Waals surface area (Å²) in [6.07, 6.45) is -7.93. The van der Waals surface area contributed by atoms with Crippen LogP contribution in [0.2, 0.25) is 0 Å². The summed E-state index contributed by atoms with van der Waals surface area (Å²) >= 11 is 0. The summed E-state index contributed by atoms with van der Waals surface area (Å²) in [6.45, 7) is -0.808. The molecule has 1 aliphatic rings. The first kappa shape index (κ1) is 21.1. The quantitative estimate of drug-likeness (QED) is 0.814. The molecule has 156 valence electrons. The molecule has 29 heavy (non-hydrogen) atoms. The van der Waals surface area contributed by atoms with E-state index in [0.29, 0.717) is 5.56 Å². The van der Waals surface area contributed by atoms with Crippen molar-refractivity contribution in [2.45, 2.75) is 37.5 Å². The zero-order valence-electron chi connectivity index (χ0n) is 15.6. The first-order chi connectivity index (χ1) is 13.8. The Morgan fingerprint density at radius 3 is 2.14 bits per heavy atom. The van der Waals surface area contributed by atoms with Gasteiger partial charge in [0.05, 0.1) is 13.2 Å². The lowest BCUT2D eigenvalue weighted by Gasteiger charge is -2.44. The highest BCUT2D eigenvalue weighted by molar-refractivity contribution is 5.68. The van der Waals surface area contributed by atoms with Crippen molar-refractivity contribution in [1.82, 2.24) is 4.90 Å². The lowest BCUT2D eigenvalue weighted by Crippen LogP contribution is -2.64. The van der Waals surface area contributed by atoms with Gasteiger partial charge >= 0.3 is 12.3 Å². The molecule has 1 heterocycles. The molecule has 0 radical (unpaired) electrons. The monoisotopic (exact) mass is 409 g/mol. The molecule has 1 aliphatic heterocycles. The molecule has 1 saturated heterocycles. The highest BCUT2D eigenvalue weighted by Crippen LogP contribution is 2.40. The molecule has 3 rings (SSSR count). The topological polar surface area (TPSA) is 59.0 Å². The molecular weight excluding hydrogens is 387 g/mol. The second kappa shape index (κ2) is 8.84. The van der Waals surface area contributed by atoms with Gasteiger partial charge < -0.3 is 19.5 Å². The van der Waals surface area contributed by atoms with E-state index in [1.54, 1.807) is 54.6 Å². The number of ether oxygens (including phenoxy) is 2. The number of piperidine rings is 1. The van der Waals surface area contributed by atoms with E-state index in [1.807, 2.05) is 6.07 Å². The van der Waals surface area contributed by atoms with Crippen molar-refractivity contribution < 1.29 is 32.5 Å². The van der Waals surface area contributed by atoms with E-state index in [-0.39, 0.29) is 19.8 Å². The number of halogens is 3. The van der Waals surface area contributed by atoms with E-state index in [4.69, 9.17) is 9.47 Å². The highest BCUT2D eigenvalue weighted by atomic mass is 19.4. The average Bonchev–Trinajstić information content (AvgIpc) is 2.72. The van der Waals surface area contributed by atoms with Crippen molar-refractivity contribution in [3.63, 3.8) is 0 Å². The molecule has 0 saturated carbocycles. The molecule has 2 unspecified atom stereocenters. The number of carbonyl (C=O) groups is 1. The Bertz CT molecular complexity index is 801. The number of amides is 1. The van der Waals surface area contributed by atoms with Crippen molar-refractivity contribution in [1.29, 1.82) is 0 Å². The van der Waals surface area contributed by atoms with Gasteiger partial charge in [-0.1, -0.05) is 60.7 Å². The van der Waals surface area contributed by atoms with Gasteiger partial charge in [-0.3, -0.25) is 0 Å². The minimum atomic E-state index is -4.88. The number of likely N-dealkylation sites (tertiary alicyclic amines) is 1. The Morgan fingerprint density at radius 1 is 1.03 bits per heavy atom. The van der Waals surface area contributed by atoms with Crippen LogP contribution in [-0.2, 0) is 22.7 Å². The molecule has 2 atom stereocenters. The summed E-state index contributed by atoms with van der Waals surface area (Å²) in [7, 11) is 0. The predicted octanol–water partition coefficient (Wildman–Crippen LogP) is 3.91. The number of aliphatic hydroxyl groups is 1. The third-order valence-electron chi connectivity index (χ3n) is 4.93. The van der Waals surface area contributed by atoms with E-state index in [2.05, 4.69) is 0 Å². The zero-order valence-corrected chi connectivity index (χ0v) is 15.6. The van der Waals surface area contributed by atoms with Crippen LogP contribution in [0.5, 0.6) is 0 Å². The molecule has 5 nitrogen and oxygen atoms in total. The molecule has 0 aliphatic carbocycles. The Kier molecular flexibility index (Phi) is 6.44. The molecule has 1 N–H and O–H groups in total. The lowest BCUT2D eigenvalue weighted by atomic mass is 9.87. The summed E-state index contributed by atoms with van der Waals surface area (Å²) in [6, 6.07) is 17.6. The highest BCUT2D eigenvalue weighted by Gasteiger charge is 2.61. The van der Waals surface area contributed by atoms with Gasteiger partial charge in [0, 0.05) is 13.0 Å². The minimum Gasteiger partial charge on any atom is -0.445 e. The third-order valence-corrected chi connectivity index (χ3v) is 4.93. The van der Waals surface area contributed by atoms with Gasteiger partial charge in [0.2, 0.25) is 0 Å². The Morgan fingerprint density at radius 2 is 1.59 bits per heavy atom. The van der Waals surface area contributed by atoms with Crippen LogP contribution in [0.4, 0.5) is 18.0 Å². The maximum absolute atomic E-state index is 13.5. The number of alkyl halides is 3. The van der Waals surface area contributed by atoms with Crippen molar-refractivity contribution in [2.24, 2.45) is 0 Å². The van der Waals surface area contributed by atoms with E-state index >= 15 is 0 Å². The van der Waals surface area contributed by atoms with Crippen molar-refractivity contribution in [3.05, 3.63) is 71.8 Å². The van der Waals surface area contributed by atoms with E-state index in [0.717, 1.165) is 10.5 Å². The van der Waals surface area contributed by atoms with E-state index in [1.165, 1.54) is 0 Å². The Hall–Kier alpha value is -2.58. The molecule has 0 bridgehead atoms. The Labute approximate surface area is 166 Å². The van der Waals surface area contributed by atoms with Gasteiger partial charge in [-0.25, -0.2) is 4.79 Å². The summed E-state index contributed by atoms with van der Waals surface area (Å²) in [5.41, 5.74) is -1.60. The number of benzene rings is 2. The van der Waals surface area contributed by atoms with Crippen molar-refractivity contribution >= 4 is 6.09 Å². The fraction of sp³-hybridized carbons (Fsp3) is 0.381. The average molecular weight is 409 g/mol. The lowest BCUT2D eigenvalue weighted by molar-refractivity contribution is -0.309. The van der Waals surface area contributed by atoms with Crippen molar-refractivity contribution in [2.75, 3.05) is 13.1 Å². The minimum absolute atomic E-state index is 0.00918. The maximum atomic E-state index is 13.5. The van der Waals surface area contributed by atoms with Gasteiger partial charge in [-0.05, 0) is 11.1 Å². The normalized spacial score (nSPS) is 22.3. The molecular formula is C21H22F3NO4.